The van der Waals surface area contributed by atoms with Crippen molar-refractivity contribution < 1.29 is 14.4 Å². The summed E-state index contributed by atoms with van der Waals surface area (Å²) in [6.45, 7) is 3.72. The summed E-state index contributed by atoms with van der Waals surface area (Å²) in [4.78, 5) is 45.4. The molecule has 0 atom stereocenters. The van der Waals surface area contributed by atoms with Gasteiger partial charge in [0.2, 0.25) is 5.78 Å². The van der Waals surface area contributed by atoms with Gasteiger partial charge < -0.3 is 0 Å². The Labute approximate surface area is 127 Å². The predicted molar refractivity (Wildman–Crippen MR) is 80.4 cm³/mol. The number of carbonyl (C=O) groups excluding carboxylic acids is 3. The average molecular weight is 296 g/mol. The van der Waals surface area contributed by atoms with Crippen LogP contribution in [-0.2, 0) is 9.59 Å². The van der Waals surface area contributed by atoms with Gasteiger partial charge in [-0.1, -0.05) is 26.0 Å². The molecule has 0 aliphatic heterocycles. The normalized spacial score (nSPS) is 18.6. The Bertz CT molecular complexity index is 775. The number of fused-ring (bicyclic) bond motifs is 1. The van der Waals surface area contributed by atoms with Gasteiger partial charge in [0.25, 0.3) is 0 Å². The molecule has 3 rings (SSSR count). The van der Waals surface area contributed by atoms with Gasteiger partial charge in [0, 0.05) is 12.8 Å². The minimum Gasteiger partial charge on any atom is -0.298 e. The number of benzene rings is 1. The fraction of sp³-hybridized carbons (Fsp3) is 0.353. The van der Waals surface area contributed by atoms with Crippen LogP contribution in [0.1, 0.15) is 37.2 Å². The van der Waals surface area contributed by atoms with Gasteiger partial charge in [-0.15, -0.1) is 0 Å². The molecule has 5 heteroatoms. The predicted octanol–water partition coefficient (Wildman–Crippen LogP) is 2.39. The molecule has 0 N–H and O–H groups in total. The van der Waals surface area contributed by atoms with Crippen molar-refractivity contribution in [2.45, 2.75) is 26.7 Å². The second-order valence-corrected chi connectivity index (χ2v) is 6.49. The summed E-state index contributed by atoms with van der Waals surface area (Å²) in [5.74, 6) is -2.39. The molecule has 0 amide bonds. The Morgan fingerprint density at radius 3 is 2.32 bits per heavy atom. The van der Waals surface area contributed by atoms with Gasteiger partial charge in [-0.25, -0.2) is 4.98 Å². The van der Waals surface area contributed by atoms with Gasteiger partial charge >= 0.3 is 0 Å². The molecule has 1 heterocycles. The molecule has 1 aliphatic rings. The van der Waals surface area contributed by atoms with Crippen LogP contribution in [0.15, 0.2) is 30.5 Å². The molecule has 0 radical (unpaired) electrons. The smallest absolute Gasteiger partial charge is 0.200 e. The van der Waals surface area contributed by atoms with E-state index in [4.69, 9.17) is 0 Å². The fourth-order valence-electron chi connectivity index (χ4n) is 2.91. The second kappa shape index (κ2) is 5.09. The maximum Gasteiger partial charge on any atom is 0.200 e. The van der Waals surface area contributed by atoms with Crippen molar-refractivity contribution in [1.29, 1.82) is 0 Å². The SMILES string of the molecule is CC1(C)CC(=O)C(C(=O)c2cnc3ccccc3n2)C(=O)C1. The van der Waals surface area contributed by atoms with Crippen LogP contribution in [0, 0.1) is 11.3 Å². The van der Waals surface area contributed by atoms with Crippen LogP contribution in [0.4, 0.5) is 0 Å². The summed E-state index contributed by atoms with van der Waals surface area (Å²) < 4.78 is 0. The van der Waals surface area contributed by atoms with Crippen molar-refractivity contribution in [1.82, 2.24) is 9.97 Å². The summed E-state index contributed by atoms with van der Waals surface area (Å²) in [6.07, 6.45) is 1.80. The lowest BCUT2D eigenvalue weighted by Gasteiger charge is -2.31. The molecular formula is C17H16N2O3. The number of para-hydroxylation sites is 2. The lowest BCUT2D eigenvalue weighted by molar-refractivity contribution is -0.137. The third-order valence-corrected chi connectivity index (χ3v) is 3.91. The van der Waals surface area contributed by atoms with Crippen LogP contribution in [-0.4, -0.2) is 27.3 Å². The van der Waals surface area contributed by atoms with Crippen molar-refractivity contribution in [3.63, 3.8) is 0 Å². The Kier molecular flexibility index (Phi) is 3.35. The van der Waals surface area contributed by atoms with Gasteiger partial charge in [-0.2, -0.15) is 0 Å². The highest BCUT2D eigenvalue weighted by atomic mass is 16.2. The van der Waals surface area contributed by atoms with E-state index < -0.39 is 11.7 Å². The van der Waals surface area contributed by atoms with Gasteiger partial charge in [0.15, 0.2) is 11.6 Å². The van der Waals surface area contributed by atoms with E-state index in [2.05, 4.69) is 9.97 Å². The highest BCUT2D eigenvalue weighted by Gasteiger charge is 2.44. The number of Topliss-reactive ketones (excluding diaryl/α,β-unsaturated/α-hetero) is 3. The largest absolute Gasteiger partial charge is 0.298 e. The zero-order valence-electron chi connectivity index (χ0n) is 12.5. The van der Waals surface area contributed by atoms with E-state index in [0.717, 1.165) is 0 Å². The zero-order valence-corrected chi connectivity index (χ0v) is 12.5. The highest BCUT2D eigenvalue weighted by molar-refractivity contribution is 6.25. The maximum atomic E-state index is 12.5. The van der Waals surface area contributed by atoms with Crippen molar-refractivity contribution >= 4 is 28.4 Å². The molecule has 1 aromatic carbocycles. The van der Waals surface area contributed by atoms with Gasteiger partial charge in [0.1, 0.15) is 11.6 Å². The Morgan fingerprint density at radius 2 is 1.68 bits per heavy atom. The molecule has 22 heavy (non-hydrogen) atoms. The topological polar surface area (TPSA) is 77.0 Å². The van der Waals surface area contributed by atoms with E-state index in [1.807, 2.05) is 19.9 Å². The first-order valence-electron chi connectivity index (χ1n) is 7.19. The van der Waals surface area contributed by atoms with Gasteiger partial charge in [-0.05, 0) is 17.5 Å². The zero-order chi connectivity index (χ0) is 15.9. The van der Waals surface area contributed by atoms with Crippen LogP contribution < -0.4 is 0 Å². The van der Waals surface area contributed by atoms with E-state index >= 15 is 0 Å². The average Bonchev–Trinajstić information content (AvgIpc) is 2.44. The van der Waals surface area contributed by atoms with Crippen molar-refractivity contribution in [2.24, 2.45) is 11.3 Å². The summed E-state index contributed by atoms with van der Waals surface area (Å²) in [5.41, 5.74) is 0.941. The van der Waals surface area contributed by atoms with E-state index in [1.165, 1.54) is 6.20 Å². The minimum atomic E-state index is -1.22. The Balaban J connectivity index is 1.95. The maximum absolute atomic E-state index is 12.5. The fourth-order valence-corrected chi connectivity index (χ4v) is 2.91. The van der Waals surface area contributed by atoms with E-state index in [1.54, 1.807) is 18.2 Å². The van der Waals surface area contributed by atoms with E-state index in [0.29, 0.717) is 11.0 Å². The molecule has 0 unspecified atom stereocenters. The number of nitrogens with zero attached hydrogens (tertiary/aromatic N) is 2. The highest BCUT2D eigenvalue weighted by Crippen LogP contribution is 2.34. The van der Waals surface area contributed by atoms with Crippen LogP contribution in [0.2, 0.25) is 0 Å². The minimum absolute atomic E-state index is 0.0742. The van der Waals surface area contributed by atoms with E-state index in [9.17, 15) is 14.4 Å². The number of aromatic nitrogens is 2. The molecule has 0 saturated heterocycles. The first kappa shape index (κ1) is 14.5. The number of hydrogen-bond acceptors (Lipinski definition) is 5. The van der Waals surface area contributed by atoms with Crippen LogP contribution >= 0.6 is 0 Å². The summed E-state index contributed by atoms with van der Waals surface area (Å²) >= 11 is 0. The Morgan fingerprint density at radius 1 is 1.09 bits per heavy atom. The van der Waals surface area contributed by atoms with Crippen molar-refractivity contribution in [3.8, 4) is 0 Å². The summed E-state index contributed by atoms with van der Waals surface area (Å²) in [7, 11) is 0. The Hall–Kier alpha value is -2.43. The number of hydrogen-bond donors (Lipinski definition) is 0. The second-order valence-electron chi connectivity index (χ2n) is 6.49. The lowest BCUT2D eigenvalue weighted by atomic mass is 9.70. The summed E-state index contributed by atoms with van der Waals surface area (Å²) in [5, 5.41) is 0. The molecule has 2 aromatic rings. The molecule has 112 valence electrons. The standard InChI is InChI=1S/C17H16N2O3/c1-17(2)7-13(20)15(14(21)8-17)16(22)12-9-18-10-5-3-4-6-11(10)19-12/h3-6,9,15H,7-8H2,1-2H3. The summed E-state index contributed by atoms with van der Waals surface area (Å²) in [6, 6.07) is 7.16. The van der Waals surface area contributed by atoms with Crippen LogP contribution in [0.5, 0.6) is 0 Å². The molecular weight excluding hydrogens is 280 g/mol. The van der Waals surface area contributed by atoms with Crippen molar-refractivity contribution in [2.75, 3.05) is 0 Å². The van der Waals surface area contributed by atoms with E-state index in [-0.39, 0.29) is 35.5 Å². The molecule has 5 nitrogen and oxygen atoms in total. The van der Waals surface area contributed by atoms with Crippen LogP contribution in [0.25, 0.3) is 11.0 Å². The quantitative estimate of drug-likeness (QED) is 0.628. The first-order chi connectivity index (χ1) is 10.4. The molecule has 0 spiro atoms. The molecule has 1 aliphatic carbocycles. The lowest BCUT2D eigenvalue weighted by Crippen LogP contribution is -2.42. The number of ketones is 3. The van der Waals surface area contributed by atoms with Gasteiger partial charge in [0.05, 0.1) is 17.2 Å². The molecule has 1 saturated carbocycles. The molecule has 1 fully saturated rings. The monoisotopic (exact) mass is 296 g/mol. The van der Waals surface area contributed by atoms with Crippen molar-refractivity contribution in [3.05, 3.63) is 36.2 Å². The van der Waals surface area contributed by atoms with Crippen LogP contribution in [0.3, 0.4) is 0 Å². The third-order valence-electron chi connectivity index (χ3n) is 3.91. The van der Waals surface area contributed by atoms with Gasteiger partial charge in [-0.3, -0.25) is 19.4 Å². The molecule has 1 aromatic heterocycles. The first-order valence-corrected chi connectivity index (χ1v) is 7.19. The third kappa shape index (κ3) is 2.54. The molecule has 0 bridgehead atoms. The number of carbonyl (C=O) groups is 3. The number of rotatable bonds is 2.